The zero-order chi connectivity index (χ0) is 24.4. The third-order valence-corrected chi connectivity index (χ3v) is 6.25. The molecule has 1 atom stereocenters. The second kappa shape index (κ2) is 9.50. The largest absolute Gasteiger partial charge is 0.416 e. The molecule has 1 aliphatic rings. The van der Waals surface area contributed by atoms with Gasteiger partial charge in [-0.3, -0.25) is 14.7 Å². The number of amides is 1. The van der Waals surface area contributed by atoms with Crippen molar-refractivity contribution in [3.63, 3.8) is 0 Å². The van der Waals surface area contributed by atoms with E-state index in [-0.39, 0.29) is 18.3 Å². The fourth-order valence-electron chi connectivity index (χ4n) is 4.59. The second-order valence-electron chi connectivity index (χ2n) is 8.60. The van der Waals surface area contributed by atoms with Gasteiger partial charge in [0.25, 0.3) is 5.91 Å². The van der Waals surface area contributed by atoms with Crippen molar-refractivity contribution in [2.45, 2.75) is 38.1 Å². The van der Waals surface area contributed by atoms with E-state index in [0.717, 1.165) is 43.0 Å². The summed E-state index contributed by atoms with van der Waals surface area (Å²) in [6, 6.07) is 16.4. The topological polar surface area (TPSA) is 62.5 Å². The Balaban J connectivity index is 1.38. The Morgan fingerprint density at radius 2 is 1.94 bits per heavy atom. The van der Waals surface area contributed by atoms with Crippen molar-refractivity contribution in [2.24, 2.45) is 0 Å². The first-order chi connectivity index (χ1) is 16.9. The number of benzene rings is 1. The molecule has 0 radical (unpaired) electrons. The van der Waals surface area contributed by atoms with Gasteiger partial charge in [-0.05, 0) is 61.3 Å². The molecule has 3 aromatic heterocycles. The first-order valence-corrected chi connectivity index (χ1v) is 11.5. The molecule has 0 aliphatic carbocycles. The van der Waals surface area contributed by atoms with E-state index in [9.17, 15) is 18.0 Å². The number of pyridine rings is 2. The molecule has 1 fully saturated rings. The number of alkyl halides is 3. The van der Waals surface area contributed by atoms with Crippen LogP contribution in [-0.2, 0) is 19.3 Å². The molecule has 1 aromatic carbocycles. The lowest BCUT2D eigenvalue weighted by Gasteiger charge is -2.23. The van der Waals surface area contributed by atoms with E-state index in [2.05, 4.69) is 15.2 Å². The van der Waals surface area contributed by atoms with E-state index in [1.165, 1.54) is 6.07 Å². The van der Waals surface area contributed by atoms with E-state index in [4.69, 9.17) is 4.98 Å². The van der Waals surface area contributed by atoms with Crippen LogP contribution in [0.2, 0.25) is 0 Å². The van der Waals surface area contributed by atoms with Crippen molar-refractivity contribution in [1.82, 2.24) is 24.6 Å². The van der Waals surface area contributed by atoms with Crippen LogP contribution in [0.3, 0.4) is 0 Å². The van der Waals surface area contributed by atoms with Gasteiger partial charge in [-0.2, -0.15) is 13.2 Å². The summed E-state index contributed by atoms with van der Waals surface area (Å²) >= 11 is 0. The van der Waals surface area contributed by atoms with Gasteiger partial charge in [0.1, 0.15) is 5.82 Å². The molecule has 1 aliphatic heterocycles. The second-order valence-corrected chi connectivity index (χ2v) is 8.60. The number of likely N-dealkylation sites (tertiary alicyclic amines) is 1. The van der Waals surface area contributed by atoms with Gasteiger partial charge in [0.05, 0.1) is 22.8 Å². The Morgan fingerprint density at radius 3 is 2.74 bits per heavy atom. The zero-order valence-electron chi connectivity index (χ0n) is 18.9. The third-order valence-electron chi connectivity index (χ3n) is 6.25. The molecule has 5 rings (SSSR count). The van der Waals surface area contributed by atoms with Crippen LogP contribution in [0, 0.1) is 0 Å². The fourth-order valence-corrected chi connectivity index (χ4v) is 4.59. The molecule has 35 heavy (non-hydrogen) atoms. The molecule has 180 valence electrons. The highest BCUT2D eigenvalue weighted by atomic mass is 19.4. The van der Waals surface area contributed by atoms with Gasteiger partial charge in [-0.25, -0.2) is 4.98 Å². The minimum Gasteiger partial charge on any atom is -0.347 e. The molecule has 9 heteroatoms. The molecule has 4 heterocycles. The van der Waals surface area contributed by atoms with Gasteiger partial charge in [0.15, 0.2) is 5.69 Å². The van der Waals surface area contributed by atoms with Crippen molar-refractivity contribution in [3.8, 4) is 0 Å². The summed E-state index contributed by atoms with van der Waals surface area (Å²) < 4.78 is 41.0. The fraction of sp³-hybridized carbons (Fsp3) is 0.269. The van der Waals surface area contributed by atoms with Gasteiger partial charge in [0, 0.05) is 25.5 Å². The maximum absolute atomic E-state index is 13.1. The number of nitrogens with one attached hydrogen (secondary N) is 1. The van der Waals surface area contributed by atoms with Crippen LogP contribution in [0.1, 0.15) is 52.0 Å². The molecule has 6 nitrogen and oxygen atoms in total. The summed E-state index contributed by atoms with van der Waals surface area (Å²) in [5, 5.41) is 2.74. The van der Waals surface area contributed by atoms with Crippen LogP contribution in [0.5, 0.6) is 0 Å². The average molecular weight is 480 g/mol. The maximum Gasteiger partial charge on any atom is 0.416 e. The van der Waals surface area contributed by atoms with Crippen LogP contribution in [-0.4, -0.2) is 31.7 Å². The number of nitrogens with zero attached hydrogens (tertiary/aromatic N) is 4. The number of aromatic nitrogens is 3. The van der Waals surface area contributed by atoms with Crippen LogP contribution in [0.4, 0.5) is 13.2 Å². The van der Waals surface area contributed by atoms with Crippen molar-refractivity contribution in [2.75, 3.05) is 6.54 Å². The molecule has 1 saturated heterocycles. The number of rotatable bonds is 6. The first kappa shape index (κ1) is 23.0. The number of imidazole rings is 1. The first-order valence-electron chi connectivity index (χ1n) is 11.5. The van der Waals surface area contributed by atoms with Gasteiger partial charge < -0.3 is 9.72 Å². The summed E-state index contributed by atoms with van der Waals surface area (Å²) in [7, 11) is 0. The highest BCUT2D eigenvalue weighted by Crippen LogP contribution is 2.34. The number of hydrogen-bond acceptors (Lipinski definition) is 4. The van der Waals surface area contributed by atoms with E-state index < -0.39 is 17.6 Å². The lowest BCUT2D eigenvalue weighted by Crippen LogP contribution is -2.25. The van der Waals surface area contributed by atoms with Crippen LogP contribution >= 0.6 is 0 Å². The van der Waals surface area contributed by atoms with Gasteiger partial charge in [-0.1, -0.05) is 24.3 Å². The Bertz CT molecular complexity index is 1340. The Labute approximate surface area is 200 Å². The molecular formula is C26H24F3N5O. The lowest BCUT2D eigenvalue weighted by molar-refractivity contribution is -0.137. The van der Waals surface area contributed by atoms with Crippen molar-refractivity contribution in [3.05, 3.63) is 101 Å². The van der Waals surface area contributed by atoms with Crippen LogP contribution < -0.4 is 5.32 Å². The molecular weight excluding hydrogens is 455 g/mol. The smallest absolute Gasteiger partial charge is 0.347 e. The van der Waals surface area contributed by atoms with Crippen LogP contribution in [0.25, 0.3) is 5.52 Å². The normalized spacial score (nSPS) is 16.6. The highest BCUT2D eigenvalue weighted by molar-refractivity contribution is 5.99. The highest BCUT2D eigenvalue weighted by Gasteiger charge is 2.32. The van der Waals surface area contributed by atoms with E-state index >= 15 is 0 Å². The summed E-state index contributed by atoms with van der Waals surface area (Å²) in [4.78, 5) is 24.6. The Morgan fingerprint density at radius 1 is 1.09 bits per heavy atom. The molecule has 0 saturated carbocycles. The summed E-state index contributed by atoms with van der Waals surface area (Å²) in [6.45, 7) is 1.56. The van der Waals surface area contributed by atoms with Crippen LogP contribution in [0.15, 0.2) is 73.1 Å². The molecule has 0 unspecified atom stereocenters. The SMILES string of the molecule is O=C(NCc1cccc(C(F)(F)F)c1)c1nc([C@H]2CCCN2Cc2ccccn2)n2ccccc12. The standard InChI is InChI=1S/C26H24F3N5O/c27-26(28,29)19-8-5-7-18(15-19)16-31-25(35)23-21-10-2-4-14-34(21)24(32-23)22-11-6-13-33(22)17-20-9-1-3-12-30-20/h1-5,7-10,12,14-15,22H,6,11,13,16-17H2,(H,31,35)/t22-/m1/s1. The molecule has 0 bridgehead atoms. The molecule has 1 amide bonds. The zero-order valence-corrected chi connectivity index (χ0v) is 18.9. The summed E-state index contributed by atoms with van der Waals surface area (Å²) in [5.74, 6) is 0.352. The quantitative estimate of drug-likeness (QED) is 0.422. The van der Waals surface area contributed by atoms with Gasteiger partial charge >= 0.3 is 6.18 Å². The predicted molar refractivity (Wildman–Crippen MR) is 124 cm³/mol. The number of fused-ring (bicyclic) bond motifs is 1. The maximum atomic E-state index is 13.1. The van der Waals surface area contributed by atoms with E-state index in [1.807, 2.05) is 47.0 Å². The average Bonchev–Trinajstić information content (AvgIpc) is 3.47. The van der Waals surface area contributed by atoms with Gasteiger partial charge in [-0.15, -0.1) is 0 Å². The third kappa shape index (κ3) is 4.90. The molecule has 0 spiro atoms. The minimum atomic E-state index is -4.43. The number of hydrogen-bond donors (Lipinski definition) is 1. The number of halogens is 3. The minimum absolute atomic E-state index is 0.0249. The monoisotopic (exact) mass is 479 g/mol. The summed E-state index contributed by atoms with van der Waals surface area (Å²) in [5.41, 5.74) is 1.52. The summed E-state index contributed by atoms with van der Waals surface area (Å²) in [6.07, 6.45) is 1.15. The van der Waals surface area contributed by atoms with E-state index in [1.54, 1.807) is 12.3 Å². The lowest BCUT2D eigenvalue weighted by atomic mass is 10.1. The van der Waals surface area contributed by atoms with Gasteiger partial charge in [0.2, 0.25) is 0 Å². The molecule has 1 N–H and O–H groups in total. The van der Waals surface area contributed by atoms with Crippen molar-refractivity contribution in [1.29, 1.82) is 0 Å². The van der Waals surface area contributed by atoms with E-state index in [0.29, 0.717) is 17.6 Å². The number of carbonyl (C=O) groups excluding carboxylic acids is 1. The molecule has 4 aromatic rings. The Hall–Kier alpha value is -3.72. The van der Waals surface area contributed by atoms with Crippen molar-refractivity contribution < 1.29 is 18.0 Å². The Kier molecular flexibility index (Phi) is 6.25. The number of carbonyl (C=O) groups is 1. The van der Waals surface area contributed by atoms with Crippen molar-refractivity contribution >= 4 is 11.4 Å². The predicted octanol–water partition coefficient (Wildman–Crippen LogP) is 5.02.